The van der Waals surface area contributed by atoms with Crippen LogP contribution in [0.3, 0.4) is 0 Å². The highest BCUT2D eigenvalue weighted by Gasteiger charge is 2.08. The van der Waals surface area contributed by atoms with Gasteiger partial charge in [-0.1, -0.05) is 0 Å². The van der Waals surface area contributed by atoms with Gasteiger partial charge in [0, 0.05) is 34.8 Å². The van der Waals surface area contributed by atoms with Crippen molar-refractivity contribution in [3.05, 3.63) is 41.2 Å². The fraction of sp³-hybridized carbons (Fsp3) is 0.154. The fourth-order valence-electron chi connectivity index (χ4n) is 1.79. The summed E-state index contributed by atoms with van der Waals surface area (Å²) in [5.41, 5.74) is 1.46. The van der Waals surface area contributed by atoms with Crippen LogP contribution in [0.5, 0.6) is 0 Å². The quantitative estimate of drug-likeness (QED) is 0.776. The molecule has 0 aliphatic heterocycles. The number of aromatic nitrogens is 2. The summed E-state index contributed by atoms with van der Waals surface area (Å²) < 4.78 is 5.31. The van der Waals surface area contributed by atoms with Crippen LogP contribution in [-0.2, 0) is 6.54 Å². The number of hydrogen-bond donors (Lipinski definition) is 2. The number of aryl methyl sites for hydroxylation is 1. The molecule has 7 heteroatoms. The standard InChI is InChI=1S/C13H12N4O2S/c1-8-5-16-13(20-8)17-12(18)15-6-9-7-19-11-10(9)3-2-4-14-11/h2-5,7H,6H2,1H3,(H2,15,16,17,18). The molecule has 0 aromatic carbocycles. The van der Waals surface area contributed by atoms with E-state index in [4.69, 9.17) is 4.42 Å². The van der Waals surface area contributed by atoms with E-state index < -0.39 is 0 Å². The molecule has 0 aliphatic carbocycles. The highest BCUT2D eigenvalue weighted by molar-refractivity contribution is 7.15. The number of furan rings is 1. The molecule has 0 unspecified atom stereocenters. The van der Waals surface area contributed by atoms with E-state index in [-0.39, 0.29) is 6.03 Å². The second-order valence-electron chi connectivity index (χ2n) is 4.20. The first kappa shape index (κ1) is 12.6. The summed E-state index contributed by atoms with van der Waals surface area (Å²) in [4.78, 5) is 21.0. The topological polar surface area (TPSA) is 80.0 Å². The van der Waals surface area contributed by atoms with Gasteiger partial charge in [-0.15, -0.1) is 11.3 Å². The molecule has 0 radical (unpaired) electrons. The lowest BCUT2D eigenvalue weighted by Crippen LogP contribution is -2.27. The van der Waals surface area contributed by atoms with Gasteiger partial charge in [-0.25, -0.2) is 14.8 Å². The second-order valence-corrected chi connectivity index (χ2v) is 5.44. The van der Waals surface area contributed by atoms with E-state index in [1.807, 2.05) is 19.1 Å². The van der Waals surface area contributed by atoms with Crippen molar-refractivity contribution in [2.45, 2.75) is 13.5 Å². The number of pyridine rings is 1. The lowest BCUT2D eigenvalue weighted by atomic mass is 10.2. The molecule has 2 amide bonds. The predicted octanol–water partition coefficient (Wildman–Crippen LogP) is 2.91. The minimum atomic E-state index is -0.294. The Morgan fingerprint density at radius 3 is 3.15 bits per heavy atom. The van der Waals surface area contributed by atoms with Crippen LogP contribution in [0.25, 0.3) is 11.1 Å². The van der Waals surface area contributed by atoms with E-state index >= 15 is 0 Å². The average molecular weight is 288 g/mol. The first-order valence-electron chi connectivity index (χ1n) is 6.01. The summed E-state index contributed by atoms with van der Waals surface area (Å²) in [5.74, 6) is 0. The molecule has 0 fully saturated rings. The van der Waals surface area contributed by atoms with Gasteiger partial charge < -0.3 is 9.73 Å². The number of fused-ring (bicyclic) bond motifs is 1. The van der Waals surface area contributed by atoms with Crippen LogP contribution in [0.1, 0.15) is 10.4 Å². The zero-order chi connectivity index (χ0) is 13.9. The number of rotatable bonds is 3. The number of amides is 2. The van der Waals surface area contributed by atoms with E-state index in [0.29, 0.717) is 17.4 Å². The lowest BCUT2D eigenvalue weighted by Gasteiger charge is -2.03. The van der Waals surface area contributed by atoms with Gasteiger partial charge in [0.25, 0.3) is 0 Å². The molecule has 0 aliphatic rings. The maximum Gasteiger partial charge on any atom is 0.321 e. The normalized spacial score (nSPS) is 10.7. The van der Waals surface area contributed by atoms with Crippen LogP contribution < -0.4 is 10.6 Å². The Kier molecular flexibility index (Phi) is 3.34. The molecule has 0 saturated heterocycles. The Bertz CT molecular complexity index is 750. The first-order valence-corrected chi connectivity index (χ1v) is 6.82. The van der Waals surface area contributed by atoms with Crippen LogP contribution in [0.15, 0.2) is 35.2 Å². The Labute approximate surface area is 118 Å². The minimum Gasteiger partial charge on any atom is -0.446 e. The van der Waals surface area contributed by atoms with Crippen molar-refractivity contribution in [2.24, 2.45) is 0 Å². The Hall–Kier alpha value is -2.41. The second kappa shape index (κ2) is 5.30. The number of nitrogens with one attached hydrogen (secondary N) is 2. The third kappa shape index (κ3) is 2.62. The van der Waals surface area contributed by atoms with Gasteiger partial charge in [-0.05, 0) is 19.1 Å². The number of carbonyl (C=O) groups excluding carboxylic acids is 1. The number of thiazole rings is 1. The number of hydrogen-bond acceptors (Lipinski definition) is 5. The maximum absolute atomic E-state index is 11.8. The van der Waals surface area contributed by atoms with Crippen molar-refractivity contribution in [3.8, 4) is 0 Å². The van der Waals surface area contributed by atoms with Gasteiger partial charge in [0.15, 0.2) is 5.13 Å². The van der Waals surface area contributed by atoms with Crippen molar-refractivity contribution in [2.75, 3.05) is 5.32 Å². The Morgan fingerprint density at radius 1 is 1.45 bits per heavy atom. The van der Waals surface area contributed by atoms with E-state index in [1.54, 1.807) is 18.7 Å². The van der Waals surface area contributed by atoms with Crippen LogP contribution in [0, 0.1) is 6.92 Å². The molecule has 20 heavy (non-hydrogen) atoms. The van der Waals surface area contributed by atoms with E-state index in [0.717, 1.165) is 15.8 Å². The van der Waals surface area contributed by atoms with Crippen molar-refractivity contribution < 1.29 is 9.21 Å². The van der Waals surface area contributed by atoms with Gasteiger partial charge in [0.05, 0.1) is 6.26 Å². The zero-order valence-corrected chi connectivity index (χ0v) is 11.5. The van der Waals surface area contributed by atoms with Gasteiger partial charge in [-0.3, -0.25) is 5.32 Å². The Morgan fingerprint density at radius 2 is 2.35 bits per heavy atom. The summed E-state index contributed by atoms with van der Waals surface area (Å²) in [6.07, 6.45) is 4.99. The molecule has 0 bridgehead atoms. The predicted molar refractivity (Wildman–Crippen MR) is 76.7 cm³/mol. The summed E-state index contributed by atoms with van der Waals surface area (Å²) in [7, 11) is 0. The monoisotopic (exact) mass is 288 g/mol. The van der Waals surface area contributed by atoms with Crippen molar-refractivity contribution in [1.29, 1.82) is 0 Å². The number of anilines is 1. The summed E-state index contributed by atoms with van der Waals surface area (Å²) >= 11 is 1.43. The smallest absolute Gasteiger partial charge is 0.321 e. The summed E-state index contributed by atoms with van der Waals surface area (Å²) in [6.45, 7) is 2.31. The van der Waals surface area contributed by atoms with Gasteiger partial charge in [0.1, 0.15) is 0 Å². The zero-order valence-electron chi connectivity index (χ0n) is 10.7. The van der Waals surface area contributed by atoms with Crippen LogP contribution in [0.2, 0.25) is 0 Å². The van der Waals surface area contributed by atoms with Gasteiger partial charge in [-0.2, -0.15) is 0 Å². The maximum atomic E-state index is 11.8. The molecule has 0 atom stereocenters. The van der Waals surface area contributed by atoms with Crippen LogP contribution >= 0.6 is 11.3 Å². The number of urea groups is 1. The van der Waals surface area contributed by atoms with Crippen molar-refractivity contribution >= 4 is 33.6 Å². The molecule has 2 N–H and O–H groups in total. The first-order chi connectivity index (χ1) is 9.72. The molecule has 102 valence electrons. The van der Waals surface area contributed by atoms with Gasteiger partial charge >= 0.3 is 6.03 Å². The molecule has 0 saturated carbocycles. The molecule has 3 aromatic rings. The third-order valence-corrected chi connectivity index (χ3v) is 3.54. The molecule has 0 spiro atoms. The third-order valence-electron chi connectivity index (χ3n) is 2.71. The van der Waals surface area contributed by atoms with E-state index in [9.17, 15) is 4.79 Å². The summed E-state index contributed by atoms with van der Waals surface area (Å²) in [6, 6.07) is 3.45. The molecule has 6 nitrogen and oxygen atoms in total. The summed E-state index contributed by atoms with van der Waals surface area (Å²) in [5, 5.41) is 6.93. The Balaban J connectivity index is 1.63. The average Bonchev–Trinajstić information content (AvgIpc) is 3.03. The molecular weight excluding hydrogens is 276 g/mol. The number of nitrogens with zero attached hydrogens (tertiary/aromatic N) is 2. The van der Waals surface area contributed by atoms with E-state index in [1.165, 1.54) is 11.3 Å². The SMILES string of the molecule is Cc1cnc(NC(=O)NCc2coc3ncccc23)s1. The van der Waals surface area contributed by atoms with Crippen molar-refractivity contribution in [1.82, 2.24) is 15.3 Å². The van der Waals surface area contributed by atoms with Gasteiger partial charge in [0.2, 0.25) is 5.71 Å². The number of carbonyl (C=O) groups is 1. The minimum absolute atomic E-state index is 0.294. The van der Waals surface area contributed by atoms with Crippen molar-refractivity contribution in [3.63, 3.8) is 0 Å². The van der Waals surface area contributed by atoms with Crippen LogP contribution in [-0.4, -0.2) is 16.0 Å². The molecule has 3 rings (SSSR count). The molecular formula is C13H12N4O2S. The molecule has 3 heterocycles. The largest absolute Gasteiger partial charge is 0.446 e. The molecule has 3 aromatic heterocycles. The van der Waals surface area contributed by atoms with E-state index in [2.05, 4.69) is 20.6 Å². The lowest BCUT2D eigenvalue weighted by molar-refractivity contribution is 0.251. The highest BCUT2D eigenvalue weighted by Crippen LogP contribution is 2.19. The highest BCUT2D eigenvalue weighted by atomic mass is 32.1. The van der Waals surface area contributed by atoms with Crippen LogP contribution in [0.4, 0.5) is 9.93 Å². The fourth-order valence-corrected chi connectivity index (χ4v) is 2.45.